The van der Waals surface area contributed by atoms with Gasteiger partial charge < -0.3 is 9.72 Å². The molecule has 9 heteroatoms. The summed E-state index contributed by atoms with van der Waals surface area (Å²) >= 11 is 3.30. The summed E-state index contributed by atoms with van der Waals surface area (Å²) in [6.07, 6.45) is 6.39. The van der Waals surface area contributed by atoms with E-state index < -0.39 is 10.0 Å². The van der Waals surface area contributed by atoms with Gasteiger partial charge in [0.05, 0.1) is 6.26 Å². The second kappa shape index (κ2) is 5.21. The Hall–Kier alpha value is -1.19. The molecule has 0 unspecified atom stereocenters. The van der Waals surface area contributed by atoms with Crippen LogP contribution in [0.3, 0.4) is 0 Å². The highest BCUT2D eigenvalue weighted by atomic mass is 79.9. The van der Waals surface area contributed by atoms with E-state index in [1.54, 1.807) is 12.4 Å². The molecule has 0 aliphatic rings. The van der Waals surface area contributed by atoms with Gasteiger partial charge in [-0.3, -0.25) is 0 Å². The molecule has 2 aromatic heterocycles. The van der Waals surface area contributed by atoms with E-state index in [0.29, 0.717) is 29.2 Å². The quantitative estimate of drug-likeness (QED) is 0.776. The monoisotopic (exact) mass is 333 g/mol. The van der Waals surface area contributed by atoms with E-state index in [1.807, 2.05) is 10.6 Å². The Morgan fingerprint density at radius 3 is 2.94 bits per heavy atom. The van der Waals surface area contributed by atoms with Crippen LogP contribution in [-0.2, 0) is 10.0 Å². The van der Waals surface area contributed by atoms with E-state index in [4.69, 9.17) is 0 Å². The minimum absolute atomic E-state index is 0.292. The number of halogens is 1. The zero-order valence-electron chi connectivity index (χ0n) is 9.59. The highest BCUT2D eigenvalue weighted by molar-refractivity contribution is 9.10. The third kappa shape index (κ3) is 3.40. The summed E-state index contributed by atoms with van der Waals surface area (Å²) in [4.78, 5) is 8.42. The molecule has 0 bridgehead atoms. The van der Waals surface area contributed by atoms with Crippen LogP contribution in [0.5, 0.6) is 0 Å². The van der Waals surface area contributed by atoms with Crippen LogP contribution >= 0.6 is 15.9 Å². The Morgan fingerprint density at radius 1 is 1.44 bits per heavy atom. The van der Waals surface area contributed by atoms with Crippen LogP contribution in [0.2, 0.25) is 0 Å². The number of hydrogen-bond donors (Lipinski definition) is 2. The zero-order chi connectivity index (χ0) is 13.2. The van der Waals surface area contributed by atoms with Crippen LogP contribution in [0.25, 0.3) is 5.65 Å². The van der Waals surface area contributed by atoms with Crippen LogP contribution in [0, 0.1) is 0 Å². The first-order valence-corrected chi connectivity index (χ1v) is 7.82. The molecule has 0 saturated heterocycles. The standard InChI is InChI=1S/C9H12BrN5O2S/c1-18(16,17)13-3-2-11-8-9-12-4-5-15(9)6-7(10)14-8/h4-6,13H,2-3H2,1H3,(H,11,14). The van der Waals surface area contributed by atoms with Gasteiger partial charge in [-0.15, -0.1) is 0 Å². The van der Waals surface area contributed by atoms with Crippen LogP contribution in [0.15, 0.2) is 23.2 Å². The van der Waals surface area contributed by atoms with Crippen molar-refractivity contribution < 1.29 is 8.42 Å². The van der Waals surface area contributed by atoms with Gasteiger partial charge in [-0.05, 0) is 15.9 Å². The van der Waals surface area contributed by atoms with Gasteiger partial charge in [0.15, 0.2) is 11.5 Å². The van der Waals surface area contributed by atoms with Crippen molar-refractivity contribution in [2.45, 2.75) is 0 Å². The van der Waals surface area contributed by atoms with E-state index in [2.05, 4.69) is 35.9 Å². The summed E-state index contributed by atoms with van der Waals surface area (Å²) in [6.45, 7) is 0.721. The van der Waals surface area contributed by atoms with Crippen molar-refractivity contribution in [2.75, 3.05) is 24.7 Å². The molecule has 18 heavy (non-hydrogen) atoms. The van der Waals surface area contributed by atoms with Gasteiger partial charge in [-0.2, -0.15) is 0 Å². The molecule has 2 rings (SSSR count). The molecule has 7 nitrogen and oxygen atoms in total. The van der Waals surface area contributed by atoms with Crippen LogP contribution < -0.4 is 10.0 Å². The first-order chi connectivity index (χ1) is 8.46. The molecule has 0 fully saturated rings. The van der Waals surface area contributed by atoms with E-state index in [9.17, 15) is 8.42 Å². The molecule has 0 amide bonds. The Labute approximate surface area is 113 Å². The van der Waals surface area contributed by atoms with Crippen molar-refractivity contribution in [3.05, 3.63) is 23.2 Å². The number of hydrogen-bond acceptors (Lipinski definition) is 5. The minimum Gasteiger partial charge on any atom is -0.366 e. The summed E-state index contributed by atoms with van der Waals surface area (Å²) in [5, 5.41) is 3.04. The molecule has 2 heterocycles. The number of anilines is 1. The molecule has 0 spiro atoms. The second-order valence-corrected chi connectivity index (χ2v) is 6.31. The molecule has 0 atom stereocenters. The predicted molar refractivity (Wildman–Crippen MR) is 72.0 cm³/mol. The number of sulfonamides is 1. The highest BCUT2D eigenvalue weighted by Gasteiger charge is 2.06. The third-order valence-electron chi connectivity index (χ3n) is 2.13. The summed E-state index contributed by atoms with van der Waals surface area (Å²) in [5.74, 6) is 0.602. The lowest BCUT2D eigenvalue weighted by molar-refractivity contribution is 0.589. The van der Waals surface area contributed by atoms with Crippen molar-refractivity contribution in [1.82, 2.24) is 19.1 Å². The fourth-order valence-electron chi connectivity index (χ4n) is 1.44. The fourth-order valence-corrected chi connectivity index (χ4v) is 2.31. The van der Waals surface area contributed by atoms with Crippen molar-refractivity contribution in [1.29, 1.82) is 0 Å². The van der Waals surface area contributed by atoms with E-state index in [-0.39, 0.29) is 0 Å². The lowest BCUT2D eigenvalue weighted by atomic mass is 10.5. The SMILES string of the molecule is CS(=O)(=O)NCCNc1nc(Br)cn2ccnc12. The first-order valence-electron chi connectivity index (χ1n) is 5.13. The first kappa shape index (κ1) is 13.2. The Morgan fingerprint density at radius 2 is 2.22 bits per heavy atom. The number of nitrogens with zero attached hydrogens (tertiary/aromatic N) is 3. The fraction of sp³-hybridized carbons (Fsp3) is 0.333. The molecule has 2 N–H and O–H groups in total. The Balaban J connectivity index is 2.05. The molecule has 98 valence electrons. The number of nitrogens with one attached hydrogen (secondary N) is 2. The second-order valence-electron chi connectivity index (χ2n) is 3.66. The van der Waals surface area contributed by atoms with E-state index >= 15 is 0 Å². The molecule has 2 aromatic rings. The van der Waals surface area contributed by atoms with E-state index in [1.165, 1.54) is 0 Å². The maximum Gasteiger partial charge on any atom is 0.208 e. The lowest BCUT2D eigenvalue weighted by Crippen LogP contribution is -2.27. The predicted octanol–water partition coefficient (Wildman–Crippen LogP) is 0.453. The van der Waals surface area contributed by atoms with Gasteiger partial charge in [0.25, 0.3) is 0 Å². The molecule has 0 radical (unpaired) electrons. The highest BCUT2D eigenvalue weighted by Crippen LogP contribution is 2.16. The maximum atomic E-state index is 10.9. The minimum atomic E-state index is -3.16. The van der Waals surface area contributed by atoms with Crippen molar-refractivity contribution >= 4 is 37.4 Å². The van der Waals surface area contributed by atoms with Gasteiger partial charge in [-0.25, -0.2) is 23.1 Å². The number of imidazole rings is 1. The van der Waals surface area contributed by atoms with Crippen LogP contribution in [0.1, 0.15) is 0 Å². The van der Waals surface area contributed by atoms with Crippen molar-refractivity contribution in [3.63, 3.8) is 0 Å². The largest absolute Gasteiger partial charge is 0.366 e. The normalized spacial score (nSPS) is 11.9. The third-order valence-corrected chi connectivity index (χ3v) is 3.24. The average molecular weight is 334 g/mol. The van der Waals surface area contributed by atoms with Crippen molar-refractivity contribution in [3.8, 4) is 0 Å². The van der Waals surface area contributed by atoms with Gasteiger partial charge >= 0.3 is 0 Å². The topological polar surface area (TPSA) is 88.4 Å². The van der Waals surface area contributed by atoms with Crippen LogP contribution in [0.4, 0.5) is 5.82 Å². The number of rotatable bonds is 5. The number of fused-ring (bicyclic) bond motifs is 1. The summed E-state index contributed by atoms with van der Waals surface area (Å²) < 4.78 is 26.7. The molecule has 0 aromatic carbocycles. The van der Waals surface area contributed by atoms with Crippen molar-refractivity contribution in [2.24, 2.45) is 0 Å². The van der Waals surface area contributed by atoms with Crippen LogP contribution in [-0.4, -0.2) is 42.1 Å². The molecule has 0 aliphatic carbocycles. The Bertz CT molecular complexity index is 654. The van der Waals surface area contributed by atoms with Gasteiger partial charge in [0.2, 0.25) is 10.0 Å². The summed E-state index contributed by atoms with van der Waals surface area (Å²) in [7, 11) is -3.16. The maximum absolute atomic E-state index is 10.9. The Kier molecular flexibility index (Phi) is 3.83. The lowest BCUT2D eigenvalue weighted by Gasteiger charge is -2.07. The smallest absolute Gasteiger partial charge is 0.208 e. The van der Waals surface area contributed by atoms with Gasteiger partial charge in [0, 0.05) is 31.7 Å². The zero-order valence-corrected chi connectivity index (χ0v) is 12.0. The summed E-state index contributed by atoms with van der Waals surface area (Å²) in [5.41, 5.74) is 0.692. The summed E-state index contributed by atoms with van der Waals surface area (Å²) in [6, 6.07) is 0. The van der Waals surface area contributed by atoms with Gasteiger partial charge in [-0.1, -0.05) is 0 Å². The molecular weight excluding hydrogens is 322 g/mol. The molecular formula is C9H12BrN5O2S. The molecule has 0 aliphatic heterocycles. The molecule has 0 saturated carbocycles. The average Bonchev–Trinajstić information content (AvgIpc) is 2.70. The number of aromatic nitrogens is 3. The van der Waals surface area contributed by atoms with E-state index in [0.717, 1.165) is 6.26 Å². The van der Waals surface area contributed by atoms with Gasteiger partial charge in [0.1, 0.15) is 4.60 Å².